The molecule has 0 spiro atoms. The Balaban J connectivity index is 1.86. The van der Waals surface area contributed by atoms with E-state index < -0.39 is 10.0 Å². The summed E-state index contributed by atoms with van der Waals surface area (Å²) in [6.07, 6.45) is 3.72. The van der Waals surface area contributed by atoms with E-state index in [1.54, 1.807) is 31.6 Å². The van der Waals surface area contributed by atoms with Gasteiger partial charge in [-0.3, -0.25) is 14.6 Å². The molecule has 2 rings (SSSR count). The summed E-state index contributed by atoms with van der Waals surface area (Å²) in [7, 11) is -2.20. The molecular weight excluding hydrogens is 412 g/mol. The van der Waals surface area contributed by atoms with Gasteiger partial charge in [-0.05, 0) is 29.7 Å². The van der Waals surface area contributed by atoms with Crippen molar-refractivity contribution >= 4 is 33.2 Å². The summed E-state index contributed by atoms with van der Waals surface area (Å²) in [6.45, 7) is 4.19. The minimum Gasteiger partial charge on any atom is -0.351 e. The number of sulfonamides is 1. The number of carbonyl (C=O) groups is 2. The van der Waals surface area contributed by atoms with E-state index in [4.69, 9.17) is 0 Å². The van der Waals surface area contributed by atoms with Crippen molar-refractivity contribution in [2.24, 2.45) is 5.92 Å². The number of pyridine rings is 1. The lowest BCUT2D eigenvalue weighted by molar-refractivity contribution is -0.129. The first-order valence-corrected chi connectivity index (χ1v) is 11.5. The van der Waals surface area contributed by atoms with E-state index in [9.17, 15) is 18.0 Å². The van der Waals surface area contributed by atoms with Crippen molar-refractivity contribution in [2.45, 2.75) is 37.6 Å². The molecule has 0 bridgehead atoms. The molecule has 0 radical (unpaired) electrons. The molecule has 0 unspecified atom stereocenters. The van der Waals surface area contributed by atoms with Crippen LogP contribution in [0.1, 0.15) is 30.7 Å². The fraction of sp³-hybridized carbons (Fsp3) is 0.421. The molecule has 0 aliphatic heterocycles. The molecule has 0 fully saturated rings. The third kappa shape index (κ3) is 7.56. The van der Waals surface area contributed by atoms with Crippen LogP contribution in [0.4, 0.5) is 0 Å². The summed E-state index contributed by atoms with van der Waals surface area (Å²) >= 11 is 1.07. The molecule has 10 heteroatoms. The molecule has 29 heavy (non-hydrogen) atoms. The van der Waals surface area contributed by atoms with Gasteiger partial charge in [0.1, 0.15) is 4.21 Å². The van der Waals surface area contributed by atoms with Gasteiger partial charge in [-0.2, -0.15) is 0 Å². The van der Waals surface area contributed by atoms with Crippen molar-refractivity contribution < 1.29 is 18.0 Å². The fourth-order valence-electron chi connectivity index (χ4n) is 2.44. The second-order valence-corrected chi connectivity index (χ2v) is 10.2. The molecule has 158 valence electrons. The smallest absolute Gasteiger partial charge is 0.250 e. The van der Waals surface area contributed by atoms with E-state index in [-0.39, 0.29) is 35.0 Å². The maximum Gasteiger partial charge on any atom is 0.250 e. The number of hydrogen-bond acceptors (Lipinski definition) is 6. The predicted molar refractivity (Wildman–Crippen MR) is 112 cm³/mol. The number of nitrogens with zero attached hydrogens (tertiary/aromatic N) is 2. The van der Waals surface area contributed by atoms with Crippen molar-refractivity contribution in [3.05, 3.63) is 47.1 Å². The van der Waals surface area contributed by atoms with Crippen molar-refractivity contribution in [3.63, 3.8) is 0 Å². The number of hydrogen-bond donors (Lipinski definition) is 2. The third-order valence-electron chi connectivity index (χ3n) is 3.94. The first kappa shape index (κ1) is 23.0. The number of thiophene rings is 1. The third-order valence-corrected chi connectivity index (χ3v) is 6.92. The van der Waals surface area contributed by atoms with E-state index in [0.717, 1.165) is 21.8 Å². The monoisotopic (exact) mass is 438 g/mol. The molecule has 0 aliphatic rings. The van der Waals surface area contributed by atoms with Gasteiger partial charge < -0.3 is 10.2 Å². The van der Waals surface area contributed by atoms with Crippen LogP contribution in [-0.4, -0.2) is 43.7 Å². The van der Waals surface area contributed by atoms with Gasteiger partial charge in [0.25, 0.3) is 10.0 Å². The van der Waals surface area contributed by atoms with Gasteiger partial charge in [0.15, 0.2) is 0 Å². The van der Waals surface area contributed by atoms with Crippen LogP contribution >= 0.6 is 11.3 Å². The lowest BCUT2D eigenvalue weighted by atomic mass is 10.1. The second kappa shape index (κ2) is 10.5. The summed E-state index contributed by atoms with van der Waals surface area (Å²) in [5.74, 6) is -0.166. The number of carbonyl (C=O) groups excluding carboxylic acids is 2. The zero-order chi connectivity index (χ0) is 21.4. The van der Waals surface area contributed by atoms with Gasteiger partial charge in [-0.25, -0.2) is 13.1 Å². The molecule has 0 saturated carbocycles. The van der Waals surface area contributed by atoms with Crippen LogP contribution in [0.2, 0.25) is 0 Å². The minimum atomic E-state index is -3.80. The van der Waals surface area contributed by atoms with Crippen LogP contribution in [0.25, 0.3) is 0 Å². The van der Waals surface area contributed by atoms with E-state index in [2.05, 4.69) is 15.0 Å². The Kier molecular flexibility index (Phi) is 8.30. The lowest BCUT2D eigenvalue weighted by Gasteiger charge is -2.17. The summed E-state index contributed by atoms with van der Waals surface area (Å²) in [5, 5.41) is 2.77. The Bertz CT molecular complexity index is 927. The van der Waals surface area contributed by atoms with Crippen LogP contribution in [0.15, 0.2) is 40.9 Å². The standard InChI is InChI=1S/C19H26N4O4S2/c1-14(2)9-17(24)21-11-16-6-7-19(28-16)29(26,27)22-12-18(25)23(3)13-15-5-4-8-20-10-15/h4-8,10,14,22H,9,11-13H2,1-3H3,(H,21,24). The van der Waals surface area contributed by atoms with Gasteiger partial charge in [-0.15, -0.1) is 11.3 Å². The molecule has 2 N–H and O–H groups in total. The van der Waals surface area contributed by atoms with Crippen LogP contribution in [-0.2, 0) is 32.7 Å². The zero-order valence-electron chi connectivity index (χ0n) is 16.7. The Morgan fingerprint density at radius 3 is 2.66 bits per heavy atom. The van der Waals surface area contributed by atoms with Crippen molar-refractivity contribution in [1.29, 1.82) is 0 Å². The van der Waals surface area contributed by atoms with Crippen LogP contribution in [0, 0.1) is 5.92 Å². The number of nitrogens with one attached hydrogen (secondary N) is 2. The number of rotatable bonds is 10. The molecule has 2 amide bonds. The Hall–Kier alpha value is -2.30. The van der Waals surface area contributed by atoms with E-state index in [1.165, 1.54) is 11.0 Å². The molecule has 0 aliphatic carbocycles. The van der Waals surface area contributed by atoms with Crippen LogP contribution in [0.5, 0.6) is 0 Å². The summed E-state index contributed by atoms with van der Waals surface area (Å²) in [5.41, 5.74) is 0.855. The largest absolute Gasteiger partial charge is 0.351 e. The van der Waals surface area contributed by atoms with Gasteiger partial charge in [-0.1, -0.05) is 19.9 Å². The Morgan fingerprint density at radius 2 is 2.00 bits per heavy atom. The van der Waals surface area contributed by atoms with E-state index >= 15 is 0 Å². The average Bonchev–Trinajstić information content (AvgIpc) is 3.15. The molecule has 0 aromatic carbocycles. The number of likely N-dealkylation sites (N-methyl/N-ethyl adjacent to an activating group) is 1. The normalized spacial score (nSPS) is 11.4. The van der Waals surface area contributed by atoms with Crippen molar-refractivity contribution in [1.82, 2.24) is 19.9 Å². The topological polar surface area (TPSA) is 108 Å². The molecule has 0 saturated heterocycles. The number of amides is 2. The molecule has 2 aromatic rings. The zero-order valence-corrected chi connectivity index (χ0v) is 18.3. The molecular formula is C19H26N4O4S2. The molecule has 2 aromatic heterocycles. The molecule has 0 atom stereocenters. The fourth-order valence-corrected chi connectivity index (χ4v) is 4.76. The van der Waals surface area contributed by atoms with E-state index in [1.807, 2.05) is 19.9 Å². The highest BCUT2D eigenvalue weighted by molar-refractivity contribution is 7.91. The Morgan fingerprint density at radius 1 is 1.24 bits per heavy atom. The quantitative estimate of drug-likeness (QED) is 0.587. The predicted octanol–water partition coefficient (Wildman–Crippen LogP) is 1.74. The van der Waals surface area contributed by atoms with Gasteiger partial charge in [0, 0.05) is 37.3 Å². The van der Waals surface area contributed by atoms with Gasteiger partial charge in [0.2, 0.25) is 11.8 Å². The van der Waals surface area contributed by atoms with Crippen molar-refractivity contribution in [3.8, 4) is 0 Å². The summed E-state index contributed by atoms with van der Waals surface area (Å²) in [4.78, 5) is 30.1. The SMILES string of the molecule is CC(C)CC(=O)NCc1ccc(S(=O)(=O)NCC(=O)N(C)Cc2cccnc2)s1. The van der Waals surface area contributed by atoms with E-state index in [0.29, 0.717) is 13.0 Å². The first-order chi connectivity index (χ1) is 13.7. The maximum absolute atomic E-state index is 12.4. The maximum atomic E-state index is 12.4. The minimum absolute atomic E-state index is 0.0711. The van der Waals surface area contributed by atoms with Gasteiger partial charge >= 0.3 is 0 Å². The molecule has 8 nitrogen and oxygen atoms in total. The highest BCUT2D eigenvalue weighted by atomic mass is 32.2. The highest BCUT2D eigenvalue weighted by Crippen LogP contribution is 2.21. The van der Waals surface area contributed by atoms with Crippen molar-refractivity contribution in [2.75, 3.05) is 13.6 Å². The van der Waals surface area contributed by atoms with Crippen LogP contribution in [0.3, 0.4) is 0 Å². The summed E-state index contributed by atoms with van der Waals surface area (Å²) < 4.78 is 27.3. The Labute approximate surface area is 175 Å². The second-order valence-electron chi connectivity index (χ2n) is 7.03. The lowest BCUT2D eigenvalue weighted by Crippen LogP contribution is -2.37. The molecule has 2 heterocycles. The first-order valence-electron chi connectivity index (χ1n) is 9.15. The van der Waals surface area contributed by atoms with Gasteiger partial charge in [0.05, 0.1) is 13.1 Å². The number of aromatic nitrogens is 1. The van der Waals surface area contributed by atoms with Crippen LogP contribution < -0.4 is 10.0 Å². The highest BCUT2D eigenvalue weighted by Gasteiger charge is 2.19. The summed E-state index contributed by atoms with van der Waals surface area (Å²) in [6, 6.07) is 6.75. The average molecular weight is 439 g/mol.